The van der Waals surface area contributed by atoms with E-state index in [1.165, 1.54) is 13.0 Å². The predicted molar refractivity (Wildman–Crippen MR) is 156 cm³/mol. The first kappa shape index (κ1) is 42.9. The minimum Gasteiger partial charge on any atom is -0.502 e. The van der Waals surface area contributed by atoms with E-state index in [2.05, 4.69) is 0 Å². The van der Waals surface area contributed by atoms with Crippen LogP contribution in [0, 0.1) is 29.6 Å². The Morgan fingerprint density at radius 3 is 1.85 bits per heavy atom. The molecule has 0 amide bonds. The maximum absolute atomic E-state index is 15.5. The maximum atomic E-state index is 15.5. The average Bonchev–Trinajstić information content (AvgIpc) is 3.67. The predicted octanol–water partition coefficient (Wildman–Crippen LogP) is 8.76. The van der Waals surface area contributed by atoms with Gasteiger partial charge in [-0.15, -0.1) is 0 Å². The molecule has 3 rings (SSSR count). The highest BCUT2D eigenvalue weighted by Gasteiger charge is 2.91. The van der Waals surface area contributed by atoms with Crippen molar-refractivity contribution in [3.63, 3.8) is 0 Å². The Kier molecular flexibility index (Phi) is 13.1. The van der Waals surface area contributed by atoms with Crippen LogP contribution in [0.25, 0.3) is 6.08 Å². The highest BCUT2D eigenvalue weighted by molar-refractivity contribution is 5.84. The summed E-state index contributed by atoms with van der Waals surface area (Å²) in [6.07, 6.45) is -7.57. The molecule has 1 aromatic carbocycles. The molecule has 0 N–H and O–H groups in total. The second-order valence-corrected chi connectivity index (χ2v) is 12.4. The number of carbonyl (C=O) groups excluding carboxylic acids is 2. The largest absolute Gasteiger partial charge is 0.502 e. The van der Waals surface area contributed by atoms with Gasteiger partial charge in [0.1, 0.15) is 5.92 Å². The summed E-state index contributed by atoms with van der Waals surface area (Å²) in [7, 11) is 2.04. The molecule has 7 unspecified atom stereocenters. The lowest BCUT2D eigenvalue weighted by Gasteiger charge is -2.42. The van der Waals surface area contributed by atoms with Crippen molar-refractivity contribution in [2.24, 2.45) is 29.6 Å². The number of halogens is 13. The van der Waals surface area contributed by atoms with Gasteiger partial charge in [0.15, 0.2) is 0 Å². The molecule has 1 aromatic rings. The van der Waals surface area contributed by atoms with Gasteiger partial charge in [0.2, 0.25) is 0 Å². The van der Waals surface area contributed by atoms with Crippen LogP contribution >= 0.6 is 0 Å². The summed E-state index contributed by atoms with van der Waals surface area (Å²) in [6.45, 7) is 1.31. The van der Waals surface area contributed by atoms with Gasteiger partial charge in [-0.3, -0.25) is 9.59 Å². The molecular weight excluding hydrogens is 739 g/mol. The zero-order valence-electron chi connectivity index (χ0n) is 27.6. The van der Waals surface area contributed by atoms with Gasteiger partial charge in [-0.2, -0.15) is 57.1 Å². The third kappa shape index (κ3) is 7.88. The first-order valence-electron chi connectivity index (χ1n) is 15.7. The number of allylic oxidation sites excluding steroid dienone is 1. The molecule has 0 aromatic heterocycles. The van der Waals surface area contributed by atoms with Gasteiger partial charge in [0.05, 0.1) is 45.2 Å². The first-order valence-corrected chi connectivity index (χ1v) is 15.7. The maximum Gasteiger partial charge on any atom is 0.460 e. The average molecular weight is 775 g/mol. The first-order chi connectivity index (χ1) is 23.9. The number of esters is 2. The summed E-state index contributed by atoms with van der Waals surface area (Å²) >= 11 is 0. The fourth-order valence-corrected chi connectivity index (χ4v) is 6.55. The van der Waals surface area contributed by atoms with Crippen LogP contribution in [0.1, 0.15) is 38.2 Å². The Labute approximate surface area is 289 Å². The van der Waals surface area contributed by atoms with Crippen molar-refractivity contribution in [2.45, 2.75) is 80.6 Å². The van der Waals surface area contributed by atoms with Crippen LogP contribution in [0.3, 0.4) is 0 Å². The van der Waals surface area contributed by atoms with Crippen LogP contribution in [0.15, 0.2) is 48.7 Å². The molecule has 0 radical (unpaired) electrons. The molecule has 19 heteroatoms. The summed E-state index contributed by atoms with van der Waals surface area (Å²) in [6, 6.07) is 8.57. The van der Waals surface area contributed by atoms with Gasteiger partial charge in [-0.25, -0.2) is 0 Å². The van der Waals surface area contributed by atoms with E-state index < -0.39 is 102 Å². The third-order valence-corrected chi connectivity index (χ3v) is 9.28. The molecule has 1 saturated heterocycles. The normalized spacial score (nSPS) is 26.7. The van der Waals surface area contributed by atoms with Gasteiger partial charge < -0.3 is 18.9 Å². The molecule has 0 bridgehead atoms. The lowest BCUT2D eigenvalue weighted by Crippen LogP contribution is -2.71. The molecule has 2 aliphatic rings. The second kappa shape index (κ2) is 15.8. The van der Waals surface area contributed by atoms with Crippen LogP contribution in [0.4, 0.5) is 57.1 Å². The smallest absolute Gasteiger partial charge is 0.460 e. The van der Waals surface area contributed by atoms with Crippen LogP contribution in [-0.2, 0) is 28.5 Å². The number of hydrogen-bond donors (Lipinski definition) is 0. The zero-order valence-corrected chi connectivity index (χ0v) is 27.6. The fraction of sp³-hybridized carbons (Fsp3) is 0.636. The minimum absolute atomic E-state index is 0.101. The molecule has 6 nitrogen and oxygen atoms in total. The van der Waals surface area contributed by atoms with E-state index in [0.29, 0.717) is 5.56 Å². The van der Waals surface area contributed by atoms with Crippen molar-refractivity contribution in [1.29, 1.82) is 0 Å². The number of carbonyl (C=O) groups is 2. The number of methoxy groups -OCH3 is 2. The number of hydrogen-bond acceptors (Lipinski definition) is 6. The summed E-state index contributed by atoms with van der Waals surface area (Å²) in [4.78, 5) is 25.7. The standard InChI is InChI=1S/C33H35F13O6/c1-4-51-15-14-20-16-19(17-21(20)28(34,35)29(36,37)30(38,39)31(40,41)32(42,43)33(44,45)46)11-13-23-25(27(48)50-3)24(26(47)49-2)22(52-23)12-10-18-8-6-5-7-9-18/h5-10,12,14-15,19-25H,4,11,13,16-17H2,1-3H3/b12-10-,15-14-. The quantitative estimate of drug-likeness (QED) is 0.101. The Bertz CT molecular complexity index is 1430. The molecule has 7 atom stereocenters. The van der Waals surface area contributed by atoms with Gasteiger partial charge in [0, 0.05) is 5.92 Å². The van der Waals surface area contributed by atoms with Gasteiger partial charge in [0.25, 0.3) is 0 Å². The van der Waals surface area contributed by atoms with E-state index in [4.69, 9.17) is 18.9 Å². The monoisotopic (exact) mass is 774 g/mol. The molecule has 1 aliphatic heterocycles. The molecule has 1 heterocycles. The number of ether oxygens (including phenoxy) is 4. The van der Waals surface area contributed by atoms with Crippen molar-refractivity contribution < 1.29 is 85.6 Å². The van der Waals surface area contributed by atoms with Crippen molar-refractivity contribution >= 4 is 18.0 Å². The fourth-order valence-electron chi connectivity index (χ4n) is 6.55. The molecule has 0 spiro atoms. The topological polar surface area (TPSA) is 71.1 Å². The van der Waals surface area contributed by atoms with Crippen LogP contribution in [-0.4, -0.2) is 80.8 Å². The number of benzene rings is 1. The molecule has 2 fully saturated rings. The van der Waals surface area contributed by atoms with Crippen molar-refractivity contribution in [3.05, 3.63) is 54.3 Å². The van der Waals surface area contributed by atoms with E-state index in [1.807, 2.05) is 0 Å². The highest BCUT2D eigenvalue weighted by Crippen LogP contribution is 2.63. The Hall–Kier alpha value is -3.51. The van der Waals surface area contributed by atoms with Gasteiger partial charge in [-0.1, -0.05) is 42.5 Å². The van der Waals surface area contributed by atoms with Crippen LogP contribution in [0.2, 0.25) is 0 Å². The van der Waals surface area contributed by atoms with E-state index >= 15 is 8.78 Å². The van der Waals surface area contributed by atoms with Gasteiger partial charge >= 0.3 is 47.7 Å². The highest BCUT2D eigenvalue weighted by atomic mass is 19.4. The lowest BCUT2D eigenvalue weighted by atomic mass is 9.82. The van der Waals surface area contributed by atoms with E-state index in [1.54, 1.807) is 36.4 Å². The Balaban J connectivity index is 1.93. The van der Waals surface area contributed by atoms with Crippen molar-refractivity contribution in [3.8, 4) is 0 Å². The molecule has 1 saturated carbocycles. The molecule has 1 aliphatic carbocycles. The molecule has 294 valence electrons. The minimum atomic E-state index is -8.01. The molecule has 52 heavy (non-hydrogen) atoms. The number of rotatable bonds is 15. The van der Waals surface area contributed by atoms with Gasteiger partial charge in [-0.05, 0) is 56.1 Å². The van der Waals surface area contributed by atoms with Crippen molar-refractivity contribution in [2.75, 3.05) is 20.8 Å². The zero-order chi connectivity index (χ0) is 39.5. The number of alkyl halides is 13. The molecular formula is C33H35F13O6. The van der Waals surface area contributed by atoms with E-state index in [-0.39, 0.29) is 19.4 Å². The second-order valence-electron chi connectivity index (χ2n) is 12.4. The SMILES string of the molecule is CCO/C=C\C1CC(CCC2OC(/C=C\c3ccccc3)C(C(=O)OC)C2C(=O)OC)CC1C(F)(F)C(F)(F)C(F)(F)C(F)(F)C(F)(F)C(F)(F)F. The Morgan fingerprint density at radius 2 is 1.31 bits per heavy atom. The lowest BCUT2D eigenvalue weighted by molar-refractivity contribution is -0.443. The van der Waals surface area contributed by atoms with E-state index in [0.717, 1.165) is 26.6 Å². The summed E-state index contributed by atoms with van der Waals surface area (Å²) < 4.78 is 203. The van der Waals surface area contributed by atoms with Crippen LogP contribution in [0.5, 0.6) is 0 Å². The van der Waals surface area contributed by atoms with E-state index in [9.17, 15) is 57.9 Å². The van der Waals surface area contributed by atoms with Crippen LogP contribution < -0.4 is 0 Å². The van der Waals surface area contributed by atoms with Crippen molar-refractivity contribution in [1.82, 2.24) is 0 Å². The summed E-state index contributed by atoms with van der Waals surface area (Å²) in [5, 5.41) is 0. The summed E-state index contributed by atoms with van der Waals surface area (Å²) in [5.41, 5.74) is 0.666. The summed E-state index contributed by atoms with van der Waals surface area (Å²) in [5.74, 6) is -48.0. The third-order valence-electron chi connectivity index (χ3n) is 9.28. The Morgan fingerprint density at radius 1 is 0.750 bits per heavy atom.